The number of aliphatic imine (C=N–C) groups is 1. The number of rotatable bonds is 3. The van der Waals surface area contributed by atoms with Crippen LogP contribution in [0, 0.1) is 11.3 Å². The van der Waals surface area contributed by atoms with E-state index >= 15 is 0 Å². The zero-order valence-corrected chi connectivity index (χ0v) is 10.8. The third kappa shape index (κ3) is 2.84. The van der Waals surface area contributed by atoms with Crippen LogP contribution in [0.3, 0.4) is 0 Å². The number of thioether (sulfide) groups is 1. The molecule has 1 atom stereocenters. The Balaban J connectivity index is 2.33. The Hall–Kier alpha value is -1.93. The van der Waals surface area contributed by atoms with Crippen LogP contribution in [0.2, 0.25) is 0 Å². The van der Waals surface area contributed by atoms with Gasteiger partial charge in [-0.25, -0.2) is 0 Å². The van der Waals surface area contributed by atoms with E-state index in [9.17, 15) is 0 Å². The molecule has 2 rings (SSSR count). The van der Waals surface area contributed by atoms with Gasteiger partial charge in [-0.3, -0.25) is 4.99 Å². The first-order chi connectivity index (χ1) is 8.85. The van der Waals surface area contributed by atoms with Crippen LogP contribution in [-0.2, 0) is 0 Å². The van der Waals surface area contributed by atoms with Gasteiger partial charge in [0.2, 0.25) is 0 Å². The number of benzene rings is 1. The summed E-state index contributed by atoms with van der Waals surface area (Å²) in [7, 11) is 1.64. The molecule has 18 heavy (non-hydrogen) atoms. The van der Waals surface area contributed by atoms with Crippen molar-refractivity contribution in [3.63, 3.8) is 0 Å². The Morgan fingerprint density at radius 3 is 3.06 bits per heavy atom. The summed E-state index contributed by atoms with van der Waals surface area (Å²) in [4.78, 5) is 3.73. The number of hydrogen-bond donors (Lipinski definition) is 0. The van der Waals surface area contributed by atoms with E-state index in [1.54, 1.807) is 30.9 Å². The van der Waals surface area contributed by atoms with Gasteiger partial charge in [0.05, 0.1) is 17.3 Å². The van der Waals surface area contributed by atoms with Crippen LogP contribution in [0.25, 0.3) is 0 Å². The van der Waals surface area contributed by atoms with Gasteiger partial charge in [-0.2, -0.15) is 5.26 Å². The van der Waals surface area contributed by atoms with E-state index in [0.717, 1.165) is 17.0 Å². The summed E-state index contributed by atoms with van der Waals surface area (Å²) in [5.41, 5.74) is 2.47. The van der Waals surface area contributed by atoms with Gasteiger partial charge < -0.3 is 0 Å². The minimum absolute atomic E-state index is 0.291. The van der Waals surface area contributed by atoms with E-state index in [1.165, 1.54) is 6.34 Å². The zero-order valence-electron chi connectivity index (χ0n) is 9.95. The highest BCUT2D eigenvalue weighted by atomic mass is 32.2. The second-order valence-electron chi connectivity index (χ2n) is 3.74. The van der Waals surface area contributed by atoms with Crippen LogP contribution in [0.4, 0.5) is 5.69 Å². The number of hydrogen-bond acceptors (Lipinski definition) is 4. The molecular formula is C13H12N4S. The maximum absolute atomic E-state index is 9.13. The fraction of sp³-hybridized carbons (Fsp3) is 0.231. The van der Waals surface area contributed by atoms with Crippen molar-refractivity contribution in [1.29, 1.82) is 5.26 Å². The molecule has 0 amide bonds. The van der Waals surface area contributed by atoms with Crippen LogP contribution in [0.1, 0.15) is 17.0 Å². The highest BCUT2D eigenvalue weighted by molar-refractivity contribution is 8.02. The fourth-order valence-electron chi connectivity index (χ4n) is 1.72. The van der Waals surface area contributed by atoms with Gasteiger partial charge in [-0.15, -0.1) is 22.0 Å². The molecular weight excluding hydrogens is 244 g/mol. The van der Waals surface area contributed by atoms with E-state index in [2.05, 4.69) is 32.8 Å². The minimum atomic E-state index is 0.291. The Labute approximate surface area is 110 Å². The average molecular weight is 256 g/mol. The molecule has 5 heteroatoms. The molecule has 0 aromatic heterocycles. The van der Waals surface area contributed by atoms with Crippen LogP contribution in [-0.4, -0.2) is 19.1 Å². The van der Waals surface area contributed by atoms with Crippen molar-refractivity contribution in [1.82, 2.24) is 0 Å². The fourth-order valence-corrected chi connectivity index (χ4v) is 2.63. The van der Waals surface area contributed by atoms with E-state index in [4.69, 9.17) is 5.26 Å². The molecule has 1 aliphatic rings. The van der Waals surface area contributed by atoms with Gasteiger partial charge in [0.15, 0.2) is 0 Å². The summed E-state index contributed by atoms with van der Waals surface area (Å²) >= 11 is 1.76. The van der Waals surface area contributed by atoms with Crippen molar-refractivity contribution in [2.45, 2.75) is 5.92 Å². The summed E-state index contributed by atoms with van der Waals surface area (Å²) in [6, 6.07) is 7.74. The zero-order chi connectivity index (χ0) is 12.8. The first-order valence-corrected chi connectivity index (χ1v) is 6.54. The lowest BCUT2D eigenvalue weighted by atomic mass is 9.96. The molecule has 0 radical (unpaired) electrons. The van der Waals surface area contributed by atoms with Gasteiger partial charge in [0, 0.05) is 18.7 Å². The molecule has 0 spiro atoms. The Morgan fingerprint density at radius 1 is 1.50 bits per heavy atom. The Kier molecular flexibility index (Phi) is 4.26. The lowest BCUT2D eigenvalue weighted by molar-refractivity contribution is 0.991. The molecule has 1 aromatic rings. The van der Waals surface area contributed by atoms with Gasteiger partial charge in [0.1, 0.15) is 6.34 Å². The van der Waals surface area contributed by atoms with Crippen molar-refractivity contribution in [3.8, 4) is 6.07 Å². The SMILES string of the molecule is CN=CN=Nc1ccc(C#N)c(C2C=CSC2)c1. The van der Waals surface area contributed by atoms with E-state index in [1.807, 2.05) is 6.07 Å². The predicted molar refractivity (Wildman–Crippen MR) is 74.4 cm³/mol. The van der Waals surface area contributed by atoms with Crippen molar-refractivity contribution in [3.05, 3.63) is 40.8 Å². The molecule has 4 nitrogen and oxygen atoms in total. The van der Waals surface area contributed by atoms with E-state index in [0.29, 0.717) is 11.5 Å². The number of nitriles is 1. The van der Waals surface area contributed by atoms with E-state index in [-0.39, 0.29) is 0 Å². The molecule has 1 aliphatic heterocycles. The second-order valence-corrected chi connectivity index (χ2v) is 4.68. The summed E-state index contributed by atoms with van der Waals surface area (Å²) in [6.45, 7) is 0. The van der Waals surface area contributed by atoms with Crippen LogP contribution >= 0.6 is 11.8 Å². The highest BCUT2D eigenvalue weighted by Gasteiger charge is 2.16. The molecule has 0 N–H and O–H groups in total. The number of azo groups is 1. The maximum Gasteiger partial charge on any atom is 0.132 e. The van der Waals surface area contributed by atoms with Gasteiger partial charge in [-0.05, 0) is 29.2 Å². The number of nitrogens with zero attached hydrogens (tertiary/aromatic N) is 4. The Morgan fingerprint density at radius 2 is 2.39 bits per heavy atom. The normalized spacial score (nSPS) is 18.8. The van der Waals surface area contributed by atoms with Crippen molar-refractivity contribution in [2.24, 2.45) is 15.2 Å². The topological polar surface area (TPSA) is 60.9 Å². The first-order valence-electron chi connectivity index (χ1n) is 5.49. The minimum Gasteiger partial charge on any atom is -0.275 e. The lowest BCUT2D eigenvalue weighted by Gasteiger charge is -2.09. The molecule has 0 bridgehead atoms. The highest BCUT2D eigenvalue weighted by Crippen LogP contribution is 2.33. The van der Waals surface area contributed by atoms with Gasteiger partial charge in [-0.1, -0.05) is 6.08 Å². The molecule has 1 aromatic carbocycles. The first kappa shape index (κ1) is 12.5. The number of allylic oxidation sites excluding steroid dienone is 1. The summed E-state index contributed by atoms with van der Waals surface area (Å²) in [5, 5.41) is 19.1. The molecule has 0 fully saturated rings. The summed E-state index contributed by atoms with van der Waals surface area (Å²) in [5.74, 6) is 1.27. The standard InChI is InChI=1S/C13H12N4S/c1-15-9-16-17-12-3-2-10(7-14)13(6-12)11-4-5-18-8-11/h2-6,9,11H,8H2,1H3. The Bertz CT molecular complexity index is 555. The quantitative estimate of drug-likeness (QED) is 0.471. The summed E-state index contributed by atoms with van der Waals surface area (Å²) < 4.78 is 0. The smallest absolute Gasteiger partial charge is 0.132 e. The van der Waals surface area contributed by atoms with E-state index < -0.39 is 0 Å². The van der Waals surface area contributed by atoms with Crippen molar-refractivity contribution < 1.29 is 0 Å². The lowest BCUT2D eigenvalue weighted by Crippen LogP contribution is -1.98. The molecule has 0 saturated carbocycles. The second kappa shape index (κ2) is 6.12. The maximum atomic E-state index is 9.13. The van der Waals surface area contributed by atoms with Crippen LogP contribution in [0.15, 0.2) is 44.9 Å². The van der Waals surface area contributed by atoms with Crippen molar-refractivity contribution in [2.75, 3.05) is 12.8 Å². The third-order valence-electron chi connectivity index (χ3n) is 2.58. The molecule has 0 aliphatic carbocycles. The third-order valence-corrected chi connectivity index (χ3v) is 3.48. The molecule has 90 valence electrons. The molecule has 0 saturated heterocycles. The largest absolute Gasteiger partial charge is 0.275 e. The molecule has 1 heterocycles. The van der Waals surface area contributed by atoms with Gasteiger partial charge in [0.25, 0.3) is 0 Å². The summed E-state index contributed by atoms with van der Waals surface area (Å²) in [6.07, 6.45) is 3.51. The van der Waals surface area contributed by atoms with Crippen molar-refractivity contribution >= 4 is 23.8 Å². The average Bonchev–Trinajstić information content (AvgIpc) is 2.93. The predicted octanol–water partition coefficient (Wildman–Crippen LogP) is 3.64. The van der Waals surface area contributed by atoms with Crippen LogP contribution < -0.4 is 0 Å². The monoisotopic (exact) mass is 256 g/mol. The van der Waals surface area contributed by atoms with Crippen LogP contribution in [0.5, 0.6) is 0 Å². The van der Waals surface area contributed by atoms with Gasteiger partial charge >= 0.3 is 0 Å². The molecule has 1 unspecified atom stereocenters.